The fourth-order valence-corrected chi connectivity index (χ4v) is 2.86. The van der Waals surface area contributed by atoms with Crippen LogP contribution in [0.3, 0.4) is 0 Å². The molecule has 0 rings (SSSR count). The van der Waals surface area contributed by atoms with Crippen LogP contribution in [0.5, 0.6) is 0 Å². The molecule has 0 fully saturated rings. The van der Waals surface area contributed by atoms with Crippen LogP contribution in [-0.2, 0) is 0 Å². The van der Waals surface area contributed by atoms with Crippen molar-refractivity contribution in [3.8, 4) is 0 Å². The van der Waals surface area contributed by atoms with Gasteiger partial charge < -0.3 is 0 Å². The third-order valence-electron chi connectivity index (χ3n) is 2.73. The molecule has 12 heavy (non-hydrogen) atoms. The average molecular weight is 186 g/mol. The van der Waals surface area contributed by atoms with E-state index in [1.807, 2.05) is 0 Å². The third-order valence-corrected chi connectivity index (χ3v) is 4.52. The molecule has 0 saturated heterocycles. The van der Waals surface area contributed by atoms with Gasteiger partial charge in [0, 0.05) is 8.07 Å². The van der Waals surface area contributed by atoms with Gasteiger partial charge in [-0.2, -0.15) is 0 Å². The van der Waals surface area contributed by atoms with Gasteiger partial charge in [-0.05, 0) is 11.8 Å². The quantitative estimate of drug-likeness (QED) is 0.558. The Hall–Kier alpha value is 0.217. The van der Waals surface area contributed by atoms with E-state index in [1.165, 1.54) is 18.9 Å². The van der Waals surface area contributed by atoms with Crippen molar-refractivity contribution in [2.24, 2.45) is 11.8 Å². The largest absolute Gasteiger partial charge is 0.0695 e. The highest BCUT2D eigenvalue weighted by Crippen LogP contribution is 2.24. The van der Waals surface area contributed by atoms with Crippen molar-refractivity contribution in [2.75, 3.05) is 0 Å². The SMILES string of the molecule is CC[C@H](CC[Si](C)(C)C)C(C)C. The Morgan fingerprint density at radius 2 is 1.58 bits per heavy atom. The molecule has 0 spiro atoms. The van der Waals surface area contributed by atoms with Crippen LogP contribution in [0.1, 0.15) is 33.6 Å². The highest BCUT2D eigenvalue weighted by molar-refractivity contribution is 6.76. The molecule has 0 amide bonds. The number of hydrogen-bond donors (Lipinski definition) is 0. The summed E-state index contributed by atoms with van der Waals surface area (Å²) in [6, 6.07) is 1.50. The van der Waals surface area contributed by atoms with Gasteiger partial charge in [-0.3, -0.25) is 0 Å². The molecular weight excluding hydrogens is 160 g/mol. The predicted octanol–water partition coefficient (Wildman–Crippen LogP) is 4.40. The van der Waals surface area contributed by atoms with Gasteiger partial charge in [0.05, 0.1) is 0 Å². The zero-order valence-electron chi connectivity index (χ0n) is 9.78. The highest BCUT2D eigenvalue weighted by atomic mass is 28.3. The van der Waals surface area contributed by atoms with Gasteiger partial charge in [0.1, 0.15) is 0 Å². The van der Waals surface area contributed by atoms with Crippen molar-refractivity contribution in [1.29, 1.82) is 0 Å². The van der Waals surface area contributed by atoms with E-state index in [-0.39, 0.29) is 0 Å². The molecule has 1 atom stereocenters. The fraction of sp³-hybridized carbons (Fsp3) is 1.00. The Bertz CT molecular complexity index is 111. The Morgan fingerprint density at radius 1 is 1.08 bits per heavy atom. The molecule has 0 nitrogen and oxygen atoms in total. The fourth-order valence-electron chi connectivity index (χ4n) is 1.63. The molecule has 0 radical (unpaired) electrons. The van der Waals surface area contributed by atoms with E-state index in [4.69, 9.17) is 0 Å². The first-order valence-electron chi connectivity index (χ1n) is 5.37. The predicted molar refractivity (Wildman–Crippen MR) is 61.4 cm³/mol. The summed E-state index contributed by atoms with van der Waals surface area (Å²) in [6.07, 6.45) is 2.83. The lowest BCUT2D eigenvalue weighted by Gasteiger charge is -2.23. The topological polar surface area (TPSA) is 0 Å². The third kappa shape index (κ3) is 5.82. The van der Waals surface area contributed by atoms with Crippen molar-refractivity contribution in [2.45, 2.75) is 59.3 Å². The minimum atomic E-state index is -0.782. The summed E-state index contributed by atoms with van der Waals surface area (Å²) in [7, 11) is -0.782. The van der Waals surface area contributed by atoms with Crippen LogP contribution in [0.15, 0.2) is 0 Å². The van der Waals surface area contributed by atoms with E-state index in [2.05, 4.69) is 40.4 Å². The normalized spacial score (nSPS) is 15.2. The molecule has 1 heteroatoms. The average Bonchev–Trinajstić information content (AvgIpc) is 1.85. The minimum absolute atomic E-state index is 0.782. The van der Waals surface area contributed by atoms with E-state index >= 15 is 0 Å². The van der Waals surface area contributed by atoms with E-state index in [1.54, 1.807) is 0 Å². The molecule has 0 unspecified atom stereocenters. The summed E-state index contributed by atoms with van der Waals surface area (Å²) in [5.41, 5.74) is 0. The molecular formula is C11H26Si. The summed E-state index contributed by atoms with van der Waals surface area (Å²) >= 11 is 0. The molecule has 0 aliphatic rings. The van der Waals surface area contributed by atoms with Crippen molar-refractivity contribution in [1.82, 2.24) is 0 Å². The summed E-state index contributed by atoms with van der Waals surface area (Å²) in [4.78, 5) is 0. The summed E-state index contributed by atoms with van der Waals surface area (Å²) in [5, 5.41) is 0. The van der Waals surface area contributed by atoms with E-state index in [0.29, 0.717) is 0 Å². The van der Waals surface area contributed by atoms with Gasteiger partial charge in [-0.15, -0.1) is 0 Å². The van der Waals surface area contributed by atoms with Crippen molar-refractivity contribution >= 4 is 8.07 Å². The molecule has 0 aromatic rings. The van der Waals surface area contributed by atoms with Crippen LogP contribution in [0, 0.1) is 11.8 Å². The molecule has 0 aliphatic carbocycles. The van der Waals surface area contributed by atoms with Crippen LogP contribution in [0.2, 0.25) is 25.7 Å². The lowest BCUT2D eigenvalue weighted by Crippen LogP contribution is -2.21. The molecule has 0 saturated carbocycles. The molecule has 0 aliphatic heterocycles. The maximum Gasteiger partial charge on any atom is 0.0442 e. The maximum atomic E-state index is 2.47. The Labute approximate surface area is 79.8 Å². The van der Waals surface area contributed by atoms with Gasteiger partial charge in [-0.1, -0.05) is 59.3 Å². The number of rotatable bonds is 5. The van der Waals surface area contributed by atoms with E-state index in [9.17, 15) is 0 Å². The molecule has 0 aromatic heterocycles. The Kier molecular flexibility index (Phi) is 5.15. The van der Waals surface area contributed by atoms with E-state index in [0.717, 1.165) is 11.8 Å². The second-order valence-electron chi connectivity index (χ2n) is 5.51. The zero-order valence-corrected chi connectivity index (χ0v) is 10.8. The summed E-state index contributed by atoms with van der Waals surface area (Å²) < 4.78 is 0. The van der Waals surface area contributed by atoms with Crippen molar-refractivity contribution in [3.63, 3.8) is 0 Å². The van der Waals surface area contributed by atoms with Crippen LogP contribution in [0.25, 0.3) is 0 Å². The molecule has 0 bridgehead atoms. The Morgan fingerprint density at radius 3 is 1.83 bits per heavy atom. The van der Waals surface area contributed by atoms with Crippen LogP contribution >= 0.6 is 0 Å². The van der Waals surface area contributed by atoms with Gasteiger partial charge >= 0.3 is 0 Å². The molecule has 0 heterocycles. The van der Waals surface area contributed by atoms with E-state index < -0.39 is 8.07 Å². The van der Waals surface area contributed by atoms with Crippen molar-refractivity contribution < 1.29 is 0 Å². The monoisotopic (exact) mass is 186 g/mol. The first-order chi connectivity index (χ1) is 5.37. The minimum Gasteiger partial charge on any atom is -0.0695 e. The van der Waals surface area contributed by atoms with Crippen LogP contribution < -0.4 is 0 Å². The molecule has 0 N–H and O–H groups in total. The van der Waals surface area contributed by atoms with Crippen LogP contribution in [0.4, 0.5) is 0 Å². The van der Waals surface area contributed by atoms with Gasteiger partial charge in [-0.25, -0.2) is 0 Å². The maximum absolute atomic E-state index is 2.47. The van der Waals surface area contributed by atoms with Gasteiger partial charge in [0.15, 0.2) is 0 Å². The molecule has 74 valence electrons. The summed E-state index contributed by atoms with van der Waals surface area (Å²) in [6.45, 7) is 14.5. The summed E-state index contributed by atoms with van der Waals surface area (Å²) in [5.74, 6) is 1.85. The standard InChI is InChI=1S/C11H26Si/c1-7-11(10(2)3)8-9-12(4,5)6/h10-11H,7-9H2,1-6H3/t11-/m1/s1. The van der Waals surface area contributed by atoms with Gasteiger partial charge in [0.2, 0.25) is 0 Å². The lowest BCUT2D eigenvalue weighted by atomic mass is 9.91. The van der Waals surface area contributed by atoms with Crippen molar-refractivity contribution in [3.05, 3.63) is 0 Å². The zero-order chi connectivity index (χ0) is 9.78. The first kappa shape index (κ1) is 12.2. The van der Waals surface area contributed by atoms with Gasteiger partial charge in [0.25, 0.3) is 0 Å². The lowest BCUT2D eigenvalue weighted by molar-refractivity contribution is 0.361. The highest BCUT2D eigenvalue weighted by Gasteiger charge is 2.17. The Balaban J connectivity index is 3.73. The first-order valence-corrected chi connectivity index (χ1v) is 9.07. The second kappa shape index (κ2) is 5.06. The van der Waals surface area contributed by atoms with Crippen LogP contribution in [-0.4, -0.2) is 8.07 Å². The smallest absolute Gasteiger partial charge is 0.0442 e. The second-order valence-corrected chi connectivity index (χ2v) is 11.1. The molecule has 0 aromatic carbocycles. The number of hydrogen-bond acceptors (Lipinski definition) is 0.